The molecule has 1 atom stereocenters. The minimum Gasteiger partial charge on any atom is -0.388 e. The minimum atomic E-state index is -0.850. The number of anilines is 1. The predicted molar refractivity (Wildman–Crippen MR) is 61.8 cm³/mol. The van der Waals surface area contributed by atoms with Gasteiger partial charge in [0.2, 0.25) is 0 Å². The first kappa shape index (κ1) is 12.9. The Morgan fingerprint density at radius 3 is 2.88 bits per heavy atom. The lowest BCUT2D eigenvalue weighted by Crippen LogP contribution is -2.33. The molecule has 0 aliphatic rings. The highest BCUT2D eigenvalue weighted by Crippen LogP contribution is 2.18. The summed E-state index contributed by atoms with van der Waals surface area (Å²) in [5, 5.41) is 12.8. The maximum absolute atomic E-state index is 10.8. The van der Waals surface area contributed by atoms with E-state index in [9.17, 15) is 9.90 Å². The van der Waals surface area contributed by atoms with Crippen LogP contribution in [0.3, 0.4) is 0 Å². The van der Waals surface area contributed by atoms with Gasteiger partial charge in [-0.3, -0.25) is 4.79 Å². The van der Waals surface area contributed by atoms with Crippen LogP contribution in [0.15, 0.2) is 6.33 Å². The number of hydrogen-bond acceptors (Lipinski definition) is 5. The zero-order valence-corrected chi connectivity index (χ0v) is 9.95. The minimum absolute atomic E-state index is 0.101. The Kier molecular flexibility index (Phi) is 4.20. The summed E-state index contributed by atoms with van der Waals surface area (Å²) in [7, 11) is 0. The molecule has 1 rings (SSSR count). The second-order valence-electron chi connectivity index (χ2n) is 3.75. The number of rotatable bonds is 5. The topological polar surface area (TPSA) is 75.1 Å². The maximum Gasteiger partial charge on any atom is 0.156 e. The molecule has 16 heavy (non-hydrogen) atoms. The van der Waals surface area contributed by atoms with Gasteiger partial charge in [-0.1, -0.05) is 18.5 Å². The van der Waals surface area contributed by atoms with Crippen molar-refractivity contribution in [2.24, 2.45) is 0 Å². The van der Waals surface area contributed by atoms with Crippen molar-refractivity contribution < 1.29 is 9.90 Å². The van der Waals surface area contributed by atoms with Crippen LogP contribution >= 0.6 is 11.6 Å². The van der Waals surface area contributed by atoms with Crippen LogP contribution in [0.2, 0.25) is 5.15 Å². The van der Waals surface area contributed by atoms with Crippen molar-refractivity contribution in [2.45, 2.75) is 25.9 Å². The molecule has 0 saturated carbocycles. The Bertz CT molecular complexity index is 382. The fourth-order valence-electron chi connectivity index (χ4n) is 1.02. The van der Waals surface area contributed by atoms with Crippen LogP contribution in [0.1, 0.15) is 30.6 Å². The van der Waals surface area contributed by atoms with Crippen LogP contribution in [0.25, 0.3) is 0 Å². The molecule has 0 fully saturated rings. The Hall–Kier alpha value is -1.20. The molecule has 0 bridgehead atoms. The van der Waals surface area contributed by atoms with Gasteiger partial charge in [0.15, 0.2) is 6.29 Å². The Morgan fingerprint density at radius 2 is 2.31 bits per heavy atom. The van der Waals surface area contributed by atoms with Gasteiger partial charge in [-0.15, -0.1) is 0 Å². The summed E-state index contributed by atoms with van der Waals surface area (Å²) in [4.78, 5) is 18.4. The third-order valence-corrected chi connectivity index (χ3v) is 2.65. The number of carbonyl (C=O) groups is 1. The molecule has 6 heteroatoms. The fourth-order valence-corrected chi connectivity index (χ4v) is 1.20. The van der Waals surface area contributed by atoms with Gasteiger partial charge in [-0.2, -0.15) is 0 Å². The van der Waals surface area contributed by atoms with Crippen molar-refractivity contribution in [3.05, 3.63) is 17.0 Å². The van der Waals surface area contributed by atoms with Crippen molar-refractivity contribution in [1.29, 1.82) is 0 Å². The number of hydrogen-bond donors (Lipinski definition) is 2. The molecule has 88 valence electrons. The van der Waals surface area contributed by atoms with Crippen molar-refractivity contribution in [3.63, 3.8) is 0 Å². The molecule has 0 radical (unpaired) electrons. The number of aldehydes is 1. The zero-order valence-electron chi connectivity index (χ0n) is 9.20. The Balaban J connectivity index is 2.82. The van der Waals surface area contributed by atoms with E-state index in [2.05, 4.69) is 15.3 Å². The normalized spacial score (nSPS) is 14.2. The summed E-state index contributed by atoms with van der Waals surface area (Å²) >= 11 is 5.73. The average molecular weight is 244 g/mol. The monoisotopic (exact) mass is 243 g/mol. The first-order valence-electron chi connectivity index (χ1n) is 4.92. The van der Waals surface area contributed by atoms with Gasteiger partial charge in [0.1, 0.15) is 17.3 Å². The zero-order chi connectivity index (χ0) is 12.2. The lowest BCUT2D eigenvalue weighted by atomic mass is 10.0. The first-order chi connectivity index (χ1) is 7.50. The lowest BCUT2D eigenvalue weighted by Gasteiger charge is -2.22. The van der Waals surface area contributed by atoms with Gasteiger partial charge >= 0.3 is 0 Å². The highest BCUT2D eigenvalue weighted by Gasteiger charge is 2.18. The molecule has 5 nitrogen and oxygen atoms in total. The quantitative estimate of drug-likeness (QED) is 0.606. The van der Waals surface area contributed by atoms with Crippen molar-refractivity contribution in [1.82, 2.24) is 9.97 Å². The molecule has 2 N–H and O–H groups in total. The molecule has 1 unspecified atom stereocenters. The van der Waals surface area contributed by atoms with Crippen LogP contribution < -0.4 is 5.32 Å². The van der Waals surface area contributed by atoms with E-state index in [-0.39, 0.29) is 17.3 Å². The third-order valence-electron chi connectivity index (χ3n) is 2.35. The number of aromatic nitrogens is 2. The van der Waals surface area contributed by atoms with E-state index < -0.39 is 5.60 Å². The summed E-state index contributed by atoms with van der Waals surface area (Å²) in [6.45, 7) is 3.86. The van der Waals surface area contributed by atoms with Crippen LogP contribution in [0.4, 0.5) is 5.82 Å². The predicted octanol–water partition coefficient (Wildman–Crippen LogP) is 1.52. The Morgan fingerprint density at radius 1 is 1.62 bits per heavy atom. The molecule has 0 saturated heterocycles. The van der Waals surface area contributed by atoms with Crippen LogP contribution in [-0.2, 0) is 0 Å². The Labute approximate surface area is 98.9 Å². The summed E-state index contributed by atoms with van der Waals surface area (Å²) in [5.74, 6) is 0.337. The van der Waals surface area contributed by atoms with Crippen LogP contribution in [0.5, 0.6) is 0 Å². The molecule has 1 aromatic rings. The smallest absolute Gasteiger partial charge is 0.156 e. The molecular formula is C10H14ClN3O2. The molecule has 0 amide bonds. The van der Waals surface area contributed by atoms with E-state index >= 15 is 0 Å². The first-order valence-corrected chi connectivity index (χ1v) is 5.30. The van der Waals surface area contributed by atoms with Gasteiger partial charge in [-0.25, -0.2) is 9.97 Å². The van der Waals surface area contributed by atoms with E-state index in [1.807, 2.05) is 6.92 Å². The number of nitrogens with zero attached hydrogens (tertiary/aromatic N) is 2. The standard InChI is InChI=1S/C10H14ClN3O2/c1-3-10(2,16)5-12-9-7(4-15)8(11)13-6-14-9/h4,6,16H,3,5H2,1-2H3,(H,12,13,14). The second-order valence-corrected chi connectivity index (χ2v) is 4.11. The second kappa shape index (κ2) is 5.23. The van der Waals surface area contributed by atoms with Gasteiger partial charge < -0.3 is 10.4 Å². The number of nitrogens with one attached hydrogen (secondary N) is 1. The lowest BCUT2D eigenvalue weighted by molar-refractivity contribution is 0.0696. The van der Waals surface area contributed by atoms with Crippen molar-refractivity contribution in [3.8, 4) is 0 Å². The van der Waals surface area contributed by atoms with Crippen molar-refractivity contribution in [2.75, 3.05) is 11.9 Å². The molecular weight excluding hydrogens is 230 g/mol. The van der Waals surface area contributed by atoms with E-state index in [0.717, 1.165) is 0 Å². The molecule has 1 aromatic heterocycles. The van der Waals surface area contributed by atoms with E-state index in [0.29, 0.717) is 18.5 Å². The summed E-state index contributed by atoms with van der Waals surface area (Å²) in [6, 6.07) is 0. The summed E-state index contributed by atoms with van der Waals surface area (Å²) in [6.07, 6.45) is 2.44. The van der Waals surface area contributed by atoms with Gasteiger partial charge in [0, 0.05) is 6.54 Å². The fraction of sp³-hybridized carbons (Fsp3) is 0.500. The molecule has 0 aromatic carbocycles. The maximum atomic E-state index is 10.8. The molecule has 0 spiro atoms. The number of halogens is 1. The van der Waals surface area contributed by atoms with Crippen LogP contribution in [0, 0.1) is 0 Å². The highest BCUT2D eigenvalue weighted by molar-refractivity contribution is 6.32. The van der Waals surface area contributed by atoms with Crippen LogP contribution in [-0.4, -0.2) is 33.5 Å². The van der Waals surface area contributed by atoms with Gasteiger partial charge in [-0.05, 0) is 13.3 Å². The third kappa shape index (κ3) is 3.15. The molecule has 0 aliphatic carbocycles. The highest BCUT2D eigenvalue weighted by atomic mass is 35.5. The van der Waals surface area contributed by atoms with Gasteiger partial charge in [0.25, 0.3) is 0 Å². The summed E-state index contributed by atoms with van der Waals surface area (Å²) in [5.41, 5.74) is -0.645. The SMILES string of the molecule is CCC(C)(O)CNc1ncnc(Cl)c1C=O. The van der Waals surface area contributed by atoms with Crippen molar-refractivity contribution >= 4 is 23.7 Å². The molecule has 0 aliphatic heterocycles. The average Bonchev–Trinajstić information content (AvgIpc) is 2.26. The van der Waals surface area contributed by atoms with Gasteiger partial charge in [0.05, 0.1) is 11.2 Å². The van der Waals surface area contributed by atoms with E-state index in [1.54, 1.807) is 6.92 Å². The van der Waals surface area contributed by atoms with E-state index in [4.69, 9.17) is 11.6 Å². The van der Waals surface area contributed by atoms with E-state index in [1.165, 1.54) is 6.33 Å². The largest absolute Gasteiger partial charge is 0.388 e. The molecule has 1 heterocycles. The number of aliphatic hydroxyl groups is 1. The number of carbonyl (C=O) groups excluding carboxylic acids is 1. The summed E-state index contributed by atoms with van der Waals surface area (Å²) < 4.78 is 0.